The molecule has 10 atom stereocenters. The van der Waals surface area contributed by atoms with E-state index in [2.05, 4.69) is 52.5 Å². The van der Waals surface area contributed by atoms with E-state index in [9.17, 15) is 53.4 Å². The highest BCUT2D eigenvalue weighted by Crippen LogP contribution is 2.22. The van der Waals surface area contributed by atoms with Gasteiger partial charge in [0.15, 0.2) is 5.96 Å². The van der Waals surface area contributed by atoms with E-state index in [0.29, 0.717) is 80.5 Å². The van der Waals surface area contributed by atoms with Gasteiger partial charge in [0, 0.05) is 50.0 Å². The van der Waals surface area contributed by atoms with Crippen molar-refractivity contribution in [2.45, 2.75) is 184 Å². The number of aromatic hydroxyl groups is 1. The zero-order chi connectivity index (χ0) is 73.1. The monoisotopic (exact) mass is 1400 g/mol. The van der Waals surface area contributed by atoms with Gasteiger partial charge in [0.2, 0.25) is 53.2 Å². The molecule has 0 fully saturated rings. The largest absolute Gasteiger partial charge is 0.508 e. The summed E-state index contributed by atoms with van der Waals surface area (Å²) in [6.07, 6.45) is 7.01. The molecule has 0 saturated carbocycles. The second-order valence-corrected chi connectivity index (χ2v) is 26.4. The number of phenols is 1. The Morgan fingerprint density at radius 1 is 0.515 bits per heavy atom. The number of carbonyl (C=O) groups excluding carboxylic acids is 9. The van der Waals surface area contributed by atoms with Crippen molar-refractivity contribution in [1.29, 1.82) is 0 Å². The number of amides is 9. The third-order valence-electron chi connectivity index (χ3n) is 16.8. The Hall–Kier alpha value is -8.84. The summed E-state index contributed by atoms with van der Waals surface area (Å²) in [5.41, 5.74) is 37.0. The van der Waals surface area contributed by atoms with Crippen LogP contribution >= 0.6 is 11.8 Å². The Labute approximate surface area is 584 Å². The average molecular weight is 1400 g/mol. The summed E-state index contributed by atoms with van der Waals surface area (Å²) in [6, 6.07) is 9.23. The number of H-pyrrole nitrogens is 1. The number of aromatic nitrogens is 1. The number of nitrogens with one attached hydrogen (secondary N) is 9. The first-order chi connectivity index (χ1) is 47.2. The molecule has 0 unspecified atom stereocenters. The lowest BCUT2D eigenvalue weighted by molar-refractivity contribution is -0.144. The van der Waals surface area contributed by atoms with Crippen LogP contribution < -0.4 is 76.9 Å². The van der Waals surface area contributed by atoms with E-state index < -0.39 is 131 Å². The van der Waals surface area contributed by atoms with Crippen molar-refractivity contribution >= 4 is 87.8 Å². The van der Waals surface area contributed by atoms with Crippen molar-refractivity contribution in [2.24, 2.45) is 51.2 Å². The summed E-state index contributed by atoms with van der Waals surface area (Å²) in [6.45, 7) is 7.87. The van der Waals surface area contributed by atoms with Crippen molar-refractivity contribution in [1.82, 2.24) is 52.4 Å². The highest BCUT2D eigenvalue weighted by molar-refractivity contribution is 7.98. The molecule has 3 aromatic carbocycles. The van der Waals surface area contributed by atoms with Crippen molar-refractivity contribution in [3.8, 4) is 5.75 Å². The molecule has 23 N–H and O–H groups in total. The highest BCUT2D eigenvalue weighted by Gasteiger charge is 2.40. The van der Waals surface area contributed by atoms with E-state index in [0.717, 1.165) is 15.8 Å². The van der Waals surface area contributed by atoms with Gasteiger partial charge in [0.1, 0.15) is 60.1 Å². The van der Waals surface area contributed by atoms with Crippen LogP contribution in [0.15, 0.2) is 90.1 Å². The number of guanidine groups is 1. The van der Waals surface area contributed by atoms with Gasteiger partial charge in [-0.3, -0.25) is 48.1 Å². The summed E-state index contributed by atoms with van der Waals surface area (Å²) in [5, 5.41) is 43.2. The number of fused-ring (bicyclic) bond motifs is 1. The summed E-state index contributed by atoms with van der Waals surface area (Å²) >= 11 is 1.39. The molecular weight excluding hydrogens is 1290 g/mol. The zero-order valence-electron chi connectivity index (χ0n) is 57.9. The van der Waals surface area contributed by atoms with Crippen LogP contribution in [0.2, 0.25) is 0 Å². The number of likely N-dealkylation sites (N-methyl/N-ethyl adjacent to an activating group) is 1. The van der Waals surface area contributed by atoms with Crippen molar-refractivity contribution in [2.75, 3.05) is 45.2 Å². The van der Waals surface area contributed by atoms with Gasteiger partial charge in [-0.05, 0) is 149 Å². The molecule has 30 heteroatoms. The Morgan fingerprint density at radius 2 is 0.980 bits per heavy atom. The van der Waals surface area contributed by atoms with Crippen LogP contribution in [-0.2, 0) is 67.2 Å². The maximum absolute atomic E-state index is 15.2. The summed E-state index contributed by atoms with van der Waals surface area (Å²) in [5.74, 6) is -9.12. The smallest absolute Gasteiger partial charge is 0.326 e. The van der Waals surface area contributed by atoms with E-state index in [1.54, 1.807) is 82.6 Å². The number of para-hydroxylation sites is 1. The number of carbonyl (C=O) groups is 10. The van der Waals surface area contributed by atoms with Crippen LogP contribution in [0.4, 0.5) is 0 Å². The standard InChI is InChI=1S/C69H107N17O12S/c1-41(2)57(65(94)80-52(31-36-99-6)62(91)83-55(39-45-40-77-49-23-11-10-21-47(45)49)64(93)79-50(24-13-16-33-71)60(89)81-53(68(97)98)25-14-17-34-72)85-66(95)58(42(3)4)86(5)67(96)56(38-44-27-29-46(87)30-28-44)84-63(92)54(37-43-19-8-7-9-20-43)82-61(90)51(26-18-35-76-69(74)75)78-59(88)48(73)22-12-15-32-70/h7-11,19-21,23,27-30,40-42,48,50-58,77,87H,12-18,22,24-26,31-39,70-73H2,1-6H3,(H,78,88)(H,79,93)(H,80,94)(H,81,89)(H,82,90)(H,83,91)(H,84,92)(H,85,95)(H,97,98)(H4,74,75,76)/t48-,50+,51+,52+,53-,54+,55+,56+,57+,58+/m1/s1. The SMILES string of the molecule is CSCC[C@H](NC(=O)[C@@H](NC(=O)[C@H](C(C)C)N(C)C(=O)[C@H](Cc1ccc(O)cc1)NC(=O)[C@H](Cc1ccccc1)NC(=O)[C@H](CCCN=C(N)N)NC(=O)[C@H](N)CCCCN)C(C)C)C(=O)N[C@@H](Cc1c[nH]c2ccccc12)C(=O)N[C@@H](CCCCN)C(=O)N[C@H](CCCCN)C(=O)O. The van der Waals surface area contributed by atoms with Crippen molar-refractivity contribution in [3.63, 3.8) is 0 Å². The molecule has 0 spiro atoms. The Balaban J connectivity index is 1.67. The molecule has 4 rings (SSSR count). The number of carboxylic acid groups (broad SMARTS) is 1. The van der Waals surface area contributed by atoms with E-state index in [-0.39, 0.29) is 76.2 Å². The summed E-state index contributed by atoms with van der Waals surface area (Å²) < 4.78 is 0. The van der Waals surface area contributed by atoms with Gasteiger partial charge in [-0.25, -0.2) is 4.79 Å². The number of aliphatic imine (C=N–C) groups is 1. The molecular formula is C69H107N17O12S. The molecule has 1 heterocycles. The molecule has 0 aliphatic carbocycles. The molecule has 0 bridgehead atoms. The van der Waals surface area contributed by atoms with Crippen molar-refractivity contribution < 1.29 is 58.2 Å². The molecule has 1 aromatic heterocycles. The number of rotatable bonds is 46. The molecule has 0 radical (unpaired) electrons. The number of hydrogen-bond donors (Lipinski definition) is 17. The summed E-state index contributed by atoms with van der Waals surface area (Å²) in [7, 11) is 1.38. The molecule has 0 saturated heterocycles. The number of thioether (sulfide) groups is 1. The normalized spacial score (nSPS) is 14.3. The first kappa shape index (κ1) is 82.6. The lowest BCUT2D eigenvalue weighted by atomic mass is 9.96. The van der Waals surface area contributed by atoms with Gasteiger partial charge in [-0.2, -0.15) is 11.8 Å². The van der Waals surface area contributed by atoms with Gasteiger partial charge >= 0.3 is 5.97 Å². The topological polar surface area (TPSA) is 495 Å². The second kappa shape index (κ2) is 43.5. The molecule has 0 aliphatic heterocycles. The van der Waals surface area contributed by atoms with Crippen LogP contribution in [0.3, 0.4) is 0 Å². The number of aromatic amines is 1. The molecule has 29 nitrogen and oxygen atoms in total. The van der Waals surface area contributed by atoms with Crippen LogP contribution in [-0.4, -0.2) is 191 Å². The van der Waals surface area contributed by atoms with Crippen LogP contribution in [0.1, 0.15) is 121 Å². The predicted octanol–water partition coefficient (Wildman–Crippen LogP) is 0.524. The molecule has 99 heavy (non-hydrogen) atoms. The van der Waals surface area contributed by atoms with Crippen molar-refractivity contribution in [3.05, 3.63) is 102 Å². The minimum atomic E-state index is -1.43. The second-order valence-electron chi connectivity index (χ2n) is 25.4. The van der Waals surface area contributed by atoms with Crippen LogP contribution in [0, 0.1) is 11.8 Å². The zero-order valence-corrected chi connectivity index (χ0v) is 58.7. The van der Waals surface area contributed by atoms with Crippen LogP contribution in [0.5, 0.6) is 5.75 Å². The number of unbranched alkanes of at least 4 members (excludes halogenated alkanes) is 3. The van der Waals surface area contributed by atoms with Crippen LogP contribution in [0.25, 0.3) is 10.9 Å². The highest BCUT2D eigenvalue weighted by atomic mass is 32.2. The van der Waals surface area contributed by atoms with Gasteiger partial charge in [-0.1, -0.05) is 94.8 Å². The third-order valence-corrected chi connectivity index (χ3v) is 17.5. The maximum Gasteiger partial charge on any atom is 0.326 e. The third kappa shape index (κ3) is 28.1. The number of nitrogens with zero attached hydrogens (tertiary/aromatic N) is 2. The maximum atomic E-state index is 15.2. The molecule has 0 aliphatic rings. The van der Waals surface area contributed by atoms with E-state index >= 15 is 4.79 Å². The minimum Gasteiger partial charge on any atom is -0.508 e. The minimum absolute atomic E-state index is 0.0364. The molecule has 546 valence electrons. The number of carboxylic acids is 1. The fourth-order valence-electron chi connectivity index (χ4n) is 11.3. The fourth-order valence-corrected chi connectivity index (χ4v) is 11.7. The number of aliphatic carboxylic acids is 1. The lowest BCUT2D eigenvalue weighted by Crippen LogP contribution is -2.62. The molecule has 9 amide bonds. The Morgan fingerprint density at radius 3 is 1.54 bits per heavy atom. The number of nitrogens with two attached hydrogens (primary N) is 6. The van der Waals surface area contributed by atoms with E-state index in [1.807, 2.05) is 24.3 Å². The number of phenolic OH excluding ortho intramolecular Hbond substituents is 1. The average Bonchev–Trinajstić information content (AvgIpc) is 1.75. The Kier molecular flexibility index (Phi) is 36.3. The van der Waals surface area contributed by atoms with Gasteiger partial charge in [0.05, 0.1) is 6.04 Å². The number of benzene rings is 3. The predicted molar refractivity (Wildman–Crippen MR) is 383 cm³/mol. The number of hydrogen-bond acceptors (Lipinski definition) is 17. The molecule has 4 aromatic rings. The summed E-state index contributed by atoms with van der Waals surface area (Å²) in [4.78, 5) is 152. The fraction of sp³-hybridized carbons (Fsp3) is 0.551. The van der Waals surface area contributed by atoms with Gasteiger partial charge in [-0.15, -0.1) is 0 Å². The van der Waals surface area contributed by atoms with Gasteiger partial charge in [0.25, 0.3) is 0 Å². The lowest BCUT2D eigenvalue weighted by Gasteiger charge is -2.35. The first-order valence-electron chi connectivity index (χ1n) is 33.9. The quantitative estimate of drug-likeness (QED) is 0.0163. The van der Waals surface area contributed by atoms with E-state index in [4.69, 9.17) is 34.4 Å². The van der Waals surface area contributed by atoms with E-state index in [1.165, 1.54) is 30.9 Å². The van der Waals surface area contributed by atoms with Gasteiger partial charge < -0.3 is 97.0 Å². The Bertz CT molecular complexity index is 3260. The first-order valence-corrected chi connectivity index (χ1v) is 35.3.